The average molecular weight is 440 g/mol. The maximum absolute atomic E-state index is 14.5. The Morgan fingerprint density at radius 1 is 1.17 bits per heavy atom. The first kappa shape index (κ1) is 21.7. The van der Waals surface area contributed by atoms with Gasteiger partial charge in [0.1, 0.15) is 17.1 Å². The normalized spacial score (nSPS) is 11.0. The van der Waals surface area contributed by atoms with Crippen LogP contribution in [0.3, 0.4) is 0 Å². The number of methoxy groups -OCH3 is 1. The van der Waals surface area contributed by atoms with E-state index in [0.29, 0.717) is 16.1 Å². The molecule has 0 aliphatic heterocycles. The molecule has 1 aromatic heterocycles. The third-order valence-electron chi connectivity index (χ3n) is 4.46. The number of fused-ring (bicyclic) bond motifs is 1. The summed E-state index contributed by atoms with van der Waals surface area (Å²) in [6.45, 7) is -1.92. The maximum atomic E-state index is 14.5. The minimum atomic E-state index is -3.14. The molecule has 0 amide bonds. The average Bonchev–Trinajstić information content (AvgIpc) is 2.71. The van der Waals surface area contributed by atoms with Gasteiger partial charge in [-0.15, -0.1) is 0 Å². The lowest BCUT2D eigenvalue weighted by Crippen LogP contribution is -2.13. The lowest BCUT2D eigenvalue weighted by Gasteiger charge is -2.17. The summed E-state index contributed by atoms with van der Waals surface area (Å²) < 4.78 is 55.1. The molecule has 0 atom stereocenters. The number of pyridine rings is 1. The zero-order valence-corrected chi connectivity index (χ0v) is 16.8. The summed E-state index contributed by atoms with van der Waals surface area (Å²) in [5.41, 5.74) is 1.32. The van der Waals surface area contributed by atoms with E-state index in [4.69, 9.17) is 16.3 Å². The summed E-state index contributed by atoms with van der Waals surface area (Å²) in [5.74, 6) is -1.58. The minimum Gasteiger partial charge on any atom is -0.481 e. The van der Waals surface area contributed by atoms with Crippen LogP contribution in [0.2, 0.25) is 5.02 Å². The van der Waals surface area contributed by atoms with Crippen LogP contribution in [-0.4, -0.2) is 31.3 Å². The van der Waals surface area contributed by atoms with Crippen LogP contribution in [0.25, 0.3) is 10.9 Å². The predicted octanol–water partition coefficient (Wildman–Crippen LogP) is 5.08. The molecular weight excluding hydrogens is 423 g/mol. The molecule has 0 bridgehead atoms. The second-order valence-corrected chi connectivity index (χ2v) is 6.77. The molecule has 0 unspecified atom stereocenters. The van der Waals surface area contributed by atoms with Crippen molar-refractivity contribution in [1.82, 2.24) is 4.98 Å². The number of aromatic nitrogens is 1. The largest absolute Gasteiger partial charge is 0.481 e. The van der Waals surface area contributed by atoms with Crippen LogP contribution in [0.5, 0.6) is 11.6 Å². The first-order valence-electron chi connectivity index (χ1n) is 8.80. The highest BCUT2D eigenvalue weighted by Gasteiger charge is 2.22. The van der Waals surface area contributed by atoms with Crippen molar-refractivity contribution in [3.8, 4) is 11.6 Å². The van der Waals surface area contributed by atoms with Gasteiger partial charge in [-0.1, -0.05) is 23.7 Å². The van der Waals surface area contributed by atoms with Crippen LogP contribution in [0.15, 0.2) is 36.4 Å². The van der Waals surface area contributed by atoms with Gasteiger partial charge in [0.2, 0.25) is 5.88 Å². The second kappa shape index (κ2) is 9.21. The van der Waals surface area contributed by atoms with E-state index in [1.165, 1.54) is 13.2 Å². The Morgan fingerprint density at radius 3 is 2.50 bits per heavy atom. The van der Waals surface area contributed by atoms with Crippen LogP contribution in [0, 0.1) is 12.7 Å². The first-order chi connectivity index (χ1) is 14.3. The number of halogens is 4. The predicted molar refractivity (Wildman–Crippen MR) is 105 cm³/mol. The van der Waals surface area contributed by atoms with E-state index in [2.05, 4.69) is 14.5 Å². The molecule has 0 spiro atoms. The first-order valence-corrected chi connectivity index (χ1v) is 9.18. The van der Waals surface area contributed by atoms with Gasteiger partial charge in [0.25, 0.3) is 0 Å². The Hall–Kier alpha value is -3.00. The molecule has 158 valence electrons. The molecule has 0 fully saturated rings. The number of ether oxygens (including phenoxy) is 3. The summed E-state index contributed by atoms with van der Waals surface area (Å²) in [7, 11) is 1.21. The van der Waals surface area contributed by atoms with Gasteiger partial charge in [0.15, 0.2) is 6.61 Å². The highest BCUT2D eigenvalue weighted by molar-refractivity contribution is 6.30. The quantitative estimate of drug-likeness (QED) is 0.480. The van der Waals surface area contributed by atoms with Gasteiger partial charge in [-0.05, 0) is 42.3 Å². The van der Waals surface area contributed by atoms with E-state index in [1.807, 2.05) is 0 Å². The van der Waals surface area contributed by atoms with Crippen LogP contribution >= 0.6 is 11.6 Å². The third-order valence-corrected chi connectivity index (χ3v) is 4.71. The fourth-order valence-electron chi connectivity index (χ4n) is 3.01. The van der Waals surface area contributed by atoms with Gasteiger partial charge in [0.05, 0.1) is 7.11 Å². The number of rotatable bonds is 7. The molecule has 5 nitrogen and oxygen atoms in total. The molecule has 0 N–H and O–H groups in total. The number of aryl methyl sites for hydroxylation is 1. The number of hydrogen-bond acceptors (Lipinski definition) is 5. The van der Waals surface area contributed by atoms with Crippen molar-refractivity contribution >= 4 is 28.5 Å². The van der Waals surface area contributed by atoms with Crippen molar-refractivity contribution in [2.24, 2.45) is 0 Å². The Labute approximate surface area is 175 Å². The number of alkyl halides is 2. The standard InChI is InChI=1S/C21H17ClF3NO4/c1-11-14(9-12-3-5-13(22)6-4-12)20(30-21(24)25)26-19-15(23)7-8-16(18(11)19)29-10-17(27)28-2/h3-8,21H,9-10H2,1-2H3. The molecule has 0 aliphatic carbocycles. The zero-order chi connectivity index (χ0) is 21.8. The van der Waals surface area contributed by atoms with Crippen molar-refractivity contribution in [1.29, 1.82) is 0 Å². The summed E-state index contributed by atoms with van der Waals surface area (Å²) in [6, 6.07) is 9.22. The van der Waals surface area contributed by atoms with Crippen LogP contribution < -0.4 is 9.47 Å². The maximum Gasteiger partial charge on any atom is 0.388 e. The number of benzene rings is 2. The Balaban J connectivity index is 2.16. The van der Waals surface area contributed by atoms with E-state index in [0.717, 1.165) is 11.6 Å². The molecule has 1 heterocycles. The zero-order valence-electron chi connectivity index (χ0n) is 16.0. The molecular formula is C21H17ClF3NO4. The van der Waals surface area contributed by atoms with E-state index in [1.54, 1.807) is 31.2 Å². The lowest BCUT2D eigenvalue weighted by atomic mass is 9.97. The summed E-state index contributed by atoms with van der Waals surface area (Å²) in [5, 5.41) is 0.779. The Bertz CT molecular complexity index is 1070. The van der Waals surface area contributed by atoms with Gasteiger partial charge < -0.3 is 14.2 Å². The van der Waals surface area contributed by atoms with Crippen LogP contribution in [0.1, 0.15) is 16.7 Å². The van der Waals surface area contributed by atoms with Gasteiger partial charge in [-0.3, -0.25) is 0 Å². The number of carbonyl (C=O) groups excluding carboxylic acids is 1. The lowest BCUT2D eigenvalue weighted by molar-refractivity contribution is -0.142. The smallest absolute Gasteiger partial charge is 0.388 e. The fourth-order valence-corrected chi connectivity index (χ4v) is 3.14. The topological polar surface area (TPSA) is 57.7 Å². The van der Waals surface area contributed by atoms with Gasteiger partial charge in [-0.25, -0.2) is 14.2 Å². The van der Waals surface area contributed by atoms with Crippen molar-refractivity contribution < 1.29 is 32.2 Å². The van der Waals surface area contributed by atoms with Gasteiger partial charge in [0, 0.05) is 22.4 Å². The molecule has 0 aliphatic rings. The number of nitrogens with zero attached hydrogens (tertiary/aromatic N) is 1. The summed E-state index contributed by atoms with van der Waals surface area (Å²) >= 11 is 5.90. The van der Waals surface area contributed by atoms with Crippen molar-refractivity contribution in [2.45, 2.75) is 20.0 Å². The summed E-state index contributed by atoms with van der Waals surface area (Å²) in [4.78, 5) is 15.4. The Morgan fingerprint density at radius 2 is 1.87 bits per heavy atom. The van der Waals surface area contributed by atoms with Crippen molar-refractivity contribution in [2.75, 3.05) is 13.7 Å². The number of hydrogen-bond donors (Lipinski definition) is 0. The molecule has 0 saturated carbocycles. The molecule has 9 heteroatoms. The SMILES string of the molecule is COC(=O)COc1ccc(F)c2nc(OC(F)F)c(Cc3ccc(Cl)cc3)c(C)c12. The molecule has 0 saturated heterocycles. The van der Waals surface area contributed by atoms with Crippen LogP contribution in [-0.2, 0) is 16.0 Å². The Kier molecular flexibility index (Phi) is 6.66. The number of esters is 1. The molecule has 2 aromatic carbocycles. The van der Waals surface area contributed by atoms with E-state index in [9.17, 15) is 18.0 Å². The van der Waals surface area contributed by atoms with Gasteiger partial charge >= 0.3 is 12.6 Å². The van der Waals surface area contributed by atoms with Crippen molar-refractivity contribution in [3.63, 3.8) is 0 Å². The van der Waals surface area contributed by atoms with E-state index < -0.39 is 25.0 Å². The molecule has 3 aromatic rings. The molecule has 30 heavy (non-hydrogen) atoms. The molecule has 3 rings (SSSR count). The highest BCUT2D eigenvalue weighted by Crippen LogP contribution is 2.37. The second-order valence-electron chi connectivity index (χ2n) is 6.34. The van der Waals surface area contributed by atoms with E-state index in [-0.39, 0.29) is 29.0 Å². The third kappa shape index (κ3) is 4.76. The number of carbonyl (C=O) groups is 1. The van der Waals surface area contributed by atoms with E-state index >= 15 is 0 Å². The van der Waals surface area contributed by atoms with Crippen molar-refractivity contribution in [3.05, 3.63) is 63.9 Å². The summed E-state index contributed by atoms with van der Waals surface area (Å²) in [6.07, 6.45) is 0.181. The fraction of sp³-hybridized carbons (Fsp3) is 0.238. The van der Waals surface area contributed by atoms with Crippen LogP contribution in [0.4, 0.5) is 13.2 Å². The minimum absolute atomic E-state index is 0.169. The highest BCUT2D eigenvalue weighted by atomic mass is 35.5. The molecule has 0 radical (unpaired) electrons. The van der Waals surface area contributed by atoms with Gasteiger partial charge in [-0.2, -0.15) is 8.78 Å². The monoisotopic (exact) mass is 439 g/mol.